The van der Waals surface area contributed by atoms with Crippen molar-refractivity contribution in [2.24, 2.45) is 5.92 Å². The number of nitrogen functional groups attached to an aromatic ring is 1. The molecule has 18 heavy (non-hydrogen) atoms. The Bertz CT molecular complexity index is 353. The molecule has 1 heterocycles. The van der Waals surface area contributed by atoms with E-state index < -0.39 is 0 Å². The molecule has 2 N–H and O–H groups in total. The minimum absolute atomic E-state index is 0.358. The van der Waals surface area contributed by atoms with Crippen LogP contribution in [0.5, 0.6) is 5.75 Å². The zero-order valence-electron chi connectivity index (χ0n) is 11.4. The van der Waals surface area contributed by atoms with Crippen molar-refractivity contribution in [2.45, 2.75) is 32.8 Å². The van der Waals surface area contributed by atoms with Crippen LogP contribution in [0.2, 0.25) is 0 Å². The van der Waals surface area contributed by atoms with Crippen LogP contribution < -0.4 is 10.5 Å². The number of rotatable bonds is 4. The first kappa shape index (κ1) is 13.2. The molecule has 1 aliphatic heterocycles. The predicted octanol–water partition coefficient (Wildman–Crippen LogP) is 2.77. The van der Waals surface area contributed by atoms with E-state index in [1.54, 1.807) is 0 Å². The molecule has 0 aromatic heterocycles. The molecule has 0 radical (unpaired) electrons. The van der Waals surface area contributed by atoms with E-state index in [1.807, 2.05) is 24.3 Å². The first-order valence-electron chi connectivity index (χ1n) is 6.88. The Morgan fingerprint density at radius 3 is 2.39 bits per heavy atom. The largest absolute Gasteiger partial charge is 0.490 e. The number of anilines is 1. The van der Waals surface area contributed by atoms with Crippen LogP contribution in [0.1, 0.15) is 26.7 Å². The van der Waals surface area contributed by atoms with Crippen molar-refractivity contribution in [1.29, 1.82) is 0 Å². The van der Waals surface area contributed by atoms with Crippen molar-refractivity contribution in [1.82, 2.24) is 4.90 Å². The Morgan fingerprint density at radius 1 is 1.22 bits per heavy atom. The van der Waals surface area contributed by atoms with E-state index in [0.717, 1.165) is 43.3 Å². The summed E-state index contributed by atoms with van der Waals surface area (Å²) in [6, 6.07) is 7.69. The summed E-state index contributed by atoms with van der Waals surface area (Å²) in [7, 11) is 0. The van der Waals surface area contributed by atoms with E-state index in [4.69, 9.17) is 10.5 Å². The molecular formula is C15H24N2O. The highest BCUT2D eigenvalue weighted by atomic mass is 16.5. The number of hydrogen-bond donors (Lipinski definition) is 1. The van der Waals surface area contributed by atoms with E-state index in [-0.39, 0.29) is 0 Å². The van der Waals surface area contributed by atoms with Crippen molar-refractivity contribution in [3.8, 4) is 5.75 Å². The van der Waals surface area contributed by atoms with Gasteiger partial charge in [0.25, 0.3) is 0 Å². The number of hydrogen-bond acceptors (Lipinski definition) is 3. The normalized spacial score (nSPS) is 18.2. The van der Waals surface area contributed by atoms with Crippen LogP contribution in [-0.2, 0) is 0 Å². The average molecular weight is 248 g/mol. The molecule has 0 spiro atoms. The van der Waals surface area contributed by atoms with Crippen LogP contribution >= 0.6 is 0 Å². The van der Waals surface area contributed by atoms with Gasteiger partial charge in [-0.2, -0.15) is 0 Å². The van der Waals surface area contributed by atoms with Crippen LogP contribution in [-0.4, -0.2) is 30.6 Å². The maximum atomic E-state index is 5.98. The van der Waals surface area contributed by atoms with Gasteiger partial charge in [-0.3, -0.25) is 0 Å². The number of likely N-dealkylation sites (tertiary alicyclic amines) is 1. The second kappa shape index (κ2) is 6.10. The molecule has 0 saturated carbocycles. The second-order valence-corrected chi connectivity index (χ2v) is 5.58. The quantitative estimate of drug-likeness (QED) is 0.833. The summed E-state index contributed by atoms with van der Waals surface area (Å²) in [5.74, 6) is 1.69. The molecule has 0 bridgehead atoms. The fourth-order valence-electron chi connectivity index (χ4n) is 2.46. The molecule has 1 saturated heterocycles. The topological polar surface area (TPSA) is 38.5 Å². The molecule has 0 amide bonds. The fraction of sp³-hybridized carbons (Fsp3) is 0.600. The number of benzene rings is 1. The van der Waals surface area contributed by atoms with Gasteiger partial charge in [0.2, 0.25) is 0 Å². The smallest absolute Gasteiger partial charge is 0.119 e. The Kier molecular flexibility index (Phi) is 4.48. The lowest BCUT2D eigenvalue weighted by atomic mass is 10.1. The SMILES string of the molecule is CC(C)CN1CCC(Oc2ccc(N)cc2)CC1. The molecule has 0 atom stereocenters. The molecule has 1 aromatic rings. The van der Waals surface area contributed by atoms with Gasteiger partial charge in [0, 0.05) is 25.3 Å². The molecule has 0 unspecified atom stereocenters. The van der Waals surface area contributed by atoms with E-state index in [0.29, 0.717) is 6.10 Å². The summed E-state index contributed by atoms with van der Waals surface area (Å²) >= 11 is 0. The van der Waals surface area contributed by atoms with Gasteiger partial charge in [-0.05, 0) is 43.0 Å². The number of piperidine rings is 1. The lowest BCUT2D eigenvalue weighted by Gasteiger charge is -2.33. The lowest BCUT2D eigenvalue weighted by Crippen LogP contribution is -2.39. The first-order valence-corrected chi connectivity index (χ1v) is 6.88. The third kappa shape index (κ3) is 3.91. The zero-order chi connectivity index (χ0) is 13.0. The van der Waals surface area contributed by atoms with Crippen LogP contribution in [0.3, 0.4) is 0 Å². The van der Waals surface area contributed by atoms with Crippen molar-refractivity contribution < 1.29 is 4.74 Å². The maximum absolute atomic E-state index is 5.98. The summed E-state index contributed by atoms with van der Waals surface area (Å²) < 4.78 is 5.98. The molecule has 1 aliphatic rings. The standard InChI is InChI=1S/C15H24N2O/c1-12(2)11-17-9-7-15(8-10-17)18-14-5-3-13(16)4-6-14/h3-6,12,15H,7-11,16H2,1-2H3. The molecule has 100 valence electrons. The summed E-state index contributed by atoms with van der Waals surface area (Å²) in [5, 5.41) is 0. The van der Waals surface area contributed by atoms with E-state index >= 15 is 0 Å². The monoisotopic (exact) mass is 248 g/mol. The summed E-state index contributed by atoms with van der Waals surface area (Å²) in [6.45, 7) is 8.05. The van der Waals surface area contributed by atoms with Crippen molar-refractivity contribution in [3.63, 3.8) is 0 Å². The zero-order valence-corrected chi connectivity index (χ0v) is 11.4. The Hall–Kier alpha value is -1.22. The van der Waals surface area contributed by atoms with Crippen molar-refractivity contribution in [2.75, 3.05) is 25.4 Å². The molecule has 2 rings (SSSR count). The van der Waals surface area contributed by atoms with E-state index in [9.17, 15) is 0 Å². The van der Waals surface area contributed by atoms with Gasteiger partial charge >= 0.3 is 0 Å². The summed E-state index contributed by atoms with van der Waals surface area (Å²) in [4.78, 5) is 2.54. The van der Waals surface area contributed by atoms with Gasteiger partial charge in [-0.15, -0.1) is 0 Å². The van der Waals surface area contributed by atoms with Crippen molar-refractivity contribution in [3.05, 3.63) is 24.3 Å². The van der Waals surface area contributed by atoms with Gasteiger partial charge in [0.05, 0.1) is 0 Å². The molecular weight excluding hydrogens is 224 g/mol. The molecule has 3 heteroatoms. The minimum Gasteiger partial charge on any atom is -0.490 e. The van der Waals surface area contributed by atoms with Crippen LogP contribution in [0, 0.1) is 5.92 Å². The minimum atomic E-state index is 0.358. The second-order valence-electron chi connectivity index (χ2n) is 5.58. The molecule has 1 aromatic carbocycles. The van der Waals surface area contributed by atoms with Gasteiger partial charge in [-0.25, -0.2) is 0 Å². The lowest BCUT2D eigenvalue weighted by molar-refractivity contribution is 0.0941. The van der Waals surface area contributed by atoms with Crippen LogP contribution in [0.25, 0.3) is 0 Å². The Morgan fingerprint density at radius 2 is 1.83 bits per heavy atom. The van der Waals surface area contributed by atoms with E-state index in [2.05, 4.69) is 18.7 Å². The summed E-state index contributed by atoms with van der Waals surface area (Å²) in [6.07, 6.45) is 2.60. The number of nitrogens with zero attached hydrogens (tertiary/aromatic N) is 1. The molecule has 3 nitrogen and oxygen atoms in total. The predicted molar refractivity (Wildman–Crippen MR) is 75.8 cm³/mol. The highest BCUT2D eigenvalue weighted by Gasteiger charge is 2.20. The highest BCUT2D eigenvalue weighted by Crippen LogP contribution is 2.20. The van der Waals surface area contributed by atoms with Crippen LogP contribution in [0.15, 0.2) is 24.3 Å². The number of nitrogens with two attached hydrogens (primary N) is 1. The van der Waals surface area contributed by atoms with Gasteiger partial charge in [-0.1, -0.05) is 13.8 Å². The maximum Gasteiger partial charge on any atom is 0.119 e. The molecule has 0 aliphatic carbocycles. The highest BCUT2D eigenvalue weighted by molar-refractivity contribution is 5.41. The molecule has 1 fully saturated rings. The van der Waals surface area contributed by atoms with Gasteiger partial charge in [0.15, 0.2) is 0 Å². The first-order chi connectivity index (χ1) is 8.63. The third-order valence-corrected chi connectivity index (χ3v) is 3.34. The van der Waals surface area contributed by atoms with Crippen molar-refractivity contribution >= 4 is 5.69 Å². The third-order valence-electron chi connectivity index (χ3n) is 3.34. The Labute approximate surface area is 110 Å². The Balaban J connectivity index is 1.78. The van der Waals surface area contributed by atoms with Gasteiger partial charge < -0.3 is 15.4 Å². The van der Waals surface area contributed by atoms with E-state index in [1.165, 1.54) is 6.54 Å². The average Bonchev–Trinajstić information content (AvgIpc) is 2.34. The van der Waals surface area contributed by atoms with Crippen LogP contribution in [0.4, 0.5) is 5.69 Å². The number of ether oxygens (including phenoxy) is 1. The fourth-order valence-corrected chi connectivity index (χ4v) is 2.46. The summed E-state index contributed by atoms with van der Waals surface area (Å²) in [5.41, 5.74) is 6.45. The van der Waals surface area contributed by atoms with Gasteiger partial charge in [0.1, 0.15) is 11.9 Å².